The van der Waals surface area contributed by atoms with Gasteiger partial charge in [0.05, 0.1) is 28.4 Å². The summed E-state index contributed by atoms with van der Waals surface area (Å²) in [5.41, 5.74) is 3.76. The van der Waals surface area contributed by atoms with E-state index in [1.54, 1.807) is 0 Å². The van der Waals surface area contributed by atoms with E-state index in [0.717, 1.165) is 27.5 Å². The molecule has 3 heteroatoms. The number of benzene rings is 3. The first kappa shape index (κ1) is 11.7. The lowest BCUT2D eigenvalue weighted by Crippen LogP contribution is -1.94. The number of fused-ring (bicyclic) bond motifs is 2. The van der Waals surface area contributed by atoms with Crippen molar-refractivity contribution in [2.24, 2.45) is 0 Å². The lowest BCUT2D eigenvalue weighted by atomic mass is 10.0. The Hall–Kier alpha value is -3.12. The summed E-state index contributed by atoms with van der Waals surface area (Å²) in [7, 11) is 0. The maximum absolute atomic E-state index is 9.26. The molecule has 1 aromatic heterocycles. The fourth-order valence-electron chi connectivity index (χ4n) is 2.74. The number of aromatic nitrogens is 2. The molecule has 0 N–H and O–H groups in total. The fraction of sp³-hybridized carbons (Fsp3) is 0. The van der Waals surface area contributed by atoms with Crippen LogP contribution in [0.15, 0.2) is 67.0 Å². The van der Waals surface area contributed by atoms with Crippen molar-refractivity contribution in [1.29, 1.82) is 5.26 Å². The molecule has 3 aromatic carbocycles. The van der Waals surface area contributed by atoms with Crippen molar-refractivity contribution in [3.8, 4) is 11.8 Å². The highest BCUT2D eigenvalue weighted by Gasteiger charge is 2.09. The molecule has 0 radical (unpaired) electrons. The van der Waals surface area contributed by atoms with Crippen LogP contribution in [0.4, 0.5) is 0 Å². The zero-order chi connectivity index (χ0) is 14.2. The maximum atomic E-state index is 9.26. The molecule has 0 saturated heterocycles. The molecule has 0 aliphatic carbocycles. The minimum atomic E-state index is 0.693. The van der Waals surface area contributed by atoms with E-state index in [1.807, 2.05) is 60.9 Å². The molecule has 0 atom stereocenters. The minimum absolute atomic E-state index is 0.693. The summed E-state index contributed by atoms with van der Waals surface area (Å²) in [6.07, 6.45) is 1.83. The molecule has 4 aromatic rings. The van der Waals surface area contributed by atoms with Gasteiger partial charge >= 0.3 is 0 Å². The van der Waals surface area contributed by atoms with Crippen molar-refractivity contribution in [2.75, 3.05) is 0 Å². The molecule has 3 nitrogen and oxygen atoms in total. The summed E-state index contributed by atoms with van der Waals surface area (Å²) in [5.74, 6) is 0. The van der Waals surface area contributed by atoms with Gasteiger partial charge in [-0.25, -0.2) is 4.98 Å². The van der Waals surface area contributed by atoms with E-state index in [9.17, 15) is 5.26 Å². The molecule has 0 spiro atoms. The second-order valence-electron chi connectivity index (χ2n) is 4.89. The first-order chi connectivity index (χ1) is 10.4. The van der Waals surface area contributed by atoms with E-state index in [2.05, 4.69) is 21.7 Å². The Labute approximate surface area is 121 Å². The van der Waals surface area contributed by atoms with Crippen LogP contribution in [-0.2, 0) is 0 Å². The van der Waals surface area contributed by atoms with E-state index in [1.165, 1.54) is 0 Å². The van der Waals surface area contributed by atoms with E-state index in [0.29, 0.717) is 5.56 Å². The lowest BCUT2D eigenvalue weighted by Gasteiger charge is -2.09. The topological polar surface area (TPSA) is 41.6 Å². The predicted octanol–water partition coefficient (Wildman–Crippen LogP) is 4.05. The Morgan fingerprint density at radius 2 is 1.62 bits per heavy atom. The molecule has 0 saturated carbocycles. The highest BCUT2D eigenvalue weighted by molar-refractivity contribution is 5.95. The van der Waals surface area contributed by atoms with Gasteiger partial charge in [-0.15, -0.1) is 0 Å². The third-order valence-electron chi connectivity index (χ3n) is 3.73. The van der Waals surface area contributed by atoms with Gasteiger partial charge in [0.1, 0.15) is 6.33 Å². The maximum Gasteiger partial charge on any atom is 0.100 e. The number of imidazole rings is 1. The normalized spacial score (nSPS) is 10.8. The molecular formula is C18H11N3. The minimum Gasteiger partial charge on any atom is -0.298 e. The predicted molar refractivity (Wildman–Crippen MR) is 83.3 cm³/mol. The van der Waals surface area contributed by atoms with Crippen molar-refractivity contribution in [1.82, 2.24) is 9.55 Å². The Kier molecular flexibility index (Phi) is 2.48. The summed E-state index contributed by atoms with van der Waals surface area (Å²) in [5, 5.41) is 11.3. The second kappa shape index (κ2) is 4.46. The quantitative estimate of drug-likeness (QED) is 0.523. The van der Waals surface area contributed by atoms with Gasteiger partial charge in [-0.2, -0.15) is 5.26 Å². The Morgan fingerprint density at radius 3 is 2.48 bits per heavy atom. The molecule has 0 aliphatic heterocycles. The molecule has 1 heterocycles. The summed E-state index contributed by atoms with van der Waals surface area (Å²) in [4.78, 5) is 4.44. The Bertz CT molecular complexity index is 1010. The number of rotatable bonds is 1. The molecule has 0 fully saturated rings. The van der Waals surface area contributed by atoms with Crippen LogP contribution < -0.4 is 0 Å². The van der Waals surface area contributed by atoms with Crippen LogP contribution >= 0.6 is 0 Å². The molecule has 0 aliphatic rings. The van der Waals surface area contributed by atoms with Crippen LogP contribution in [0.2, 0.25) is 0 Å². The van der Waals surface area contributed by atoms with Crippen molar-refractivity contribution in [3.05, 3.63) is 72.6 Å². The van der Waals surface area contributed by atoms with Crippen LogP contribution in [0.25, 0.3) is 27.5 Å². The van der Waals surface area contributed by atoms with Crippen LogP contribution in [0.1, 0.15) is 5.56 Å². The van der Waals surface area contributed by atoms with Gasteiger partial charge < -0.3 is 0 Å². The van der Waals surface area contributed by atoms with Crippen LogP contribution in [0.3, 0.4) is 0 Å². The Morgan fingerprint density at radius 1 is 0.857 bits per heavy atom. The monoisotopic (exact) mass is 269 g/mol. The lowest BCUT2D eigenvalue weighted by molar-refractivity contribution is 1.10. The van der Waals surface area contributed by atoms with Gasteiger partial charge in [0.2, 0.25) is 0 Å². The van der Waals surface area contributed by atoms with E-state index in [4.69, 9.17) is 0 Å². The standard InChI is InChI=1S/C18H11N3/c19-11-13-9-10-17(15-6-2-1-5-14(13)15)21-12-20-16-7-3-4-8-18(16)21/h1-10,12H. The van der Waals surface area contributed by atoms with Crippen LogP contribution in [-0.4, -0.2) is 9.55 Å². The summed E-state index contributed by atoms with van der Waals surface area (Å²) < 4.78 is 2.07. The smallest absolute Gasteiger partial charge is 0.100 e. The van der Waals surface area contributed by atoms with Crippen molar-refractivity contribution in [3.63, 3.8) is 0 Å². The van der Waals surface area contributed by atoms with Crippen LogP contribution in [0.5, 0.6) is 0 Å². The highest BCUT2D eigenvalue weighted by Crippen LogP contribution is 2.27. The van der Waals surface area contributed by atoms with E-state index in [-0.39, 0.29) is 0 Å². The highest BCUT2D eigenvalue weighted by atomic mass is 15.0. The SMILES string of the molecule is N#Cc1ccc(-n2cnc3ccccc32)c2ccccc12. The zero-order valence-electron chi connectivity index (χ0n) is 11.2. The molecule has 0 amide bonds. The Balaban J connectivity index is 2.10. The number of hydrogen-bond acceptors (Lipinski definition) is 2. The van der Waals surface area contributed by atoms with Gasteiger partial charge in [-0.1, -0.05) is 36.4 Å². The zero-order valence-corrected chi connectivity index (χ0v) is 11.2. The summed E-state index contributed by atoms with van der Waals surface area (Å²) in [6.45, 7) is 0. The van der Waals surface area contributed by atoms with Crippen LogP contribution in [0, 0.1) is 11.3 Å². The molecular weight excluding hydrogens is 258 g/mol. The average Bonchev–Trinajstić information content (AvgIpc) is 2.98. The van der Waals surface area contributed by atoms with Crippen molar-refractivity contribution >= 4 is 21.8 Å². The fourth-order valence-corrected chi connectivity index (χ4v) is 2.74. The number of para-hydroxylation sites is 2. The third-order valence-corrected chi connectivity index (χ3v) is 3.73. The summed E-state index contributed by atoms with van der Waals surface area (Å²) in [6, 6.07) is 22.1. The van der Waals surface area contributed by atoms with Crippen molar-refractivity contribution < 1.29 is 0 Å². The van der Waals surface area contributed by atoms with E-state index < -0.39 is 0 Å². The number of hydrogen-bond donors (Lipinski definition) is 0. The van der Waals surface area contributed by atoms with Gasteiger partial charge in [-0.05, 0) is 24.3 Å². The summed E-state index contributed by atoms with van der Waals surface area (Å²) >= 11 is 0. The first-order valence-electron chi connectivity index (χ1n) is 6.73. The molecule has 21 heavy (non-hydrogen) atoms. The van der Waals surface area contributed by atoms with Gasteiger partial charge in [0.25, 0.3) is 0 Å². The van der Waals surface area contributed by atoms with E-state index >= 15 is 0 Å². The number of nitrogens with zero attached hydrogens (tertiary/aromatic N) is 3. The van der Waals surface area contributed by atoms with Gasteiger partial charge in [0, 0.05) is 10.8 Å². The van der Waals surface area contributed by atoms with Gasteiger partial charge in [-0.3, -0.25) is 4.57 Å². The average molecular weight is 269 g/mol. The molecule has 0 bridgehead atoms. The number of nitriles is 1. The molecule has 0 unspecified atom stereocenters. The third kappa shape index (κ3) is 1.70. The van der Waals surface area contributed by atoms with Gasteiger partial charge in [0.15, 0.2) is 0 Å². The second-order valence-corrected chi connectivity index (χ2v) is 4.89. The first-order valence-corrected chi connectivity index (χ1v) is 6.73. The molecule has 4 rings (SSSR count). The van der Waals surface area contributed by atoms with Crippen molar-refractivity contribution in [2.45, 2.75) is 0 Å². The largest absolute Gasteiger partial charge is 0.298 e. The molecule has 98 valence electrons.